The first-order valence-corrected chi connectivity index (χ1v) is 9.94. The number of fused-ring (bicyclic) bond motifs is 1. The van der Waals surface area contributed by atoms with Crippen molar-refractivity contribution >= 4 is 17.4 Å². The van der Waals surface area contributed by atoms with E-state index in [0.717, 1.165) is 57.1 Å². The molecule has 0 spiro atoms. The molecule has 1 fully saturated rings. The summed E-state index contributed by atoms with van der Waals surface area (Å²) in [6.07, 6.45) is 4.58. The molecule has 1 aromatic heterocycles. The van der Waals surface area contributed by atoms with Crippen molar-refractivity contribution in [1.29, 1.82) is 0 Å². The number of aromatic nitrogens is 1. The Balaban J connectivity index is 1.42. The molecule has 4 rings (SSSR count). The summed E-state index contributed by atoms with van der Waals surface area (Å²) in [5.74, 6) is 0.810. The molecular weight excluding hydrogens is 352 g/mol. The summed E-state index contributed by atoms with van der Waals surface area (Å²) >= 11 is 0. The van der Waals surface area contributed by atoms with Gasteiger partial charge in [0.05, 0.1) is 5.56 Å². The number of likely N-dealkylation sites (N-methyl/N-ethyl adjacent to an activating group) is 1. The third kappa shape index (κ3) is 3.62. The molecule has 6 nitrogen and oxygen atoms in total. The predicted molar refractivity (Wildman–Crippen MR) is 111 cm³/mol. The van der Waals surface area contributed by atoms with E-state index in [1.807, 2.05) is 35.2 Å². The molecule has 0 atom stereocenters. The number of hydrogen-bond donors (Lipinski definition) is 1. The van der Waals surface area contributed by atoms with Crippen LogP contribution >= 0.6 is 0 Å². The number of carbonyl (C=O) groups is 1. The van der Waals surface area contributed by atoms with Crippen molar-refractivity contribution in [3.8, 4) is 0 Å². The van der Waals surface area contributed by atoms with E-state index < -0.39 is 0 Å². The van der Waals surface area contributed by atoms with Gasteiger partial charge in [0.1, 0.15) is 5.82 Å². The number of rotatable bonds is 5. The van der Waals surface area contributed by atoms with E-state index in [2.05, 4.69) is 35.4 Å². The summed E-state index contributed by atoms with van der Waals surface area (Å²) in [5.41, 5.74) is 2.94. The van der Waals surface area contributed by atoms with E-state index in [0.29, 0.717) is 5.56 Å². The SMILES string of the molecule is CN(C)C1(CNc2ccc(C(=O)N3CCc4ccccc43)cn2)CCOCC1. The molecule has 1 saturated heterocycles. The average Bonchev–Trinajstić information content (AvgIpc) is 3.17. The predicted octanol–water partition coefficient (Wildman–Crippen LogP) is 2.81. The van der Waals surface area contributed by atoms with Gasteiger partial charge >= 0.3 is 0 Å². The molecule has 0 saturated carbocycles. The molecule has 148 valence electrons. The lowest BCUT2D eigenvalue weighted by atomic mass is 9.88. The highest BCUT2D eigenvalue weighted by Gasteiger charge is 2.34. The smallest absolute Gasteiger partial charge is 0.259 e. The topological polar surface area (TPSA) is 57.7 Å². The van der Waals surface area contributed by atoms with Crippen LogP contribution in [0.15, 0.2) is 42.6 Å². The number of carbonyl (C=O) groups excluding carboxylic acids is 1. The van der Waals surface area contributed by atoms with Gasteiger partial charge in [-0.25, -0.2) is 4.98 Å². The lowest BCUT2D eigenvalue weighted by molar-refractivity contribution is -0.000665. The van der Waals surface area contributed by atoms with Crippen molar-refractivity contribution in [3.05, 3.63) is 53.7 Å². The third-order valence-corrected chi connectivity index (χ3v) is 6.11. The first-order valence-electron chi connectivity index (χ1n) is 9.94. The highest BCUT2D eigenvalue weighted by atomic mass is 16.5. The van der Waals surface area contributed by atoms with Crippen LogP contribution in [-0.4, -0.2) is 61.7 Å². The van der Waals surface area contributed by atoms with Crippen LogP contribution in [0.1, 0.15) is 28.8 Å². The van der Waals surface area contributed by atoms with Crippen LogP contribution in [0.25, 0.3) is 0 Å². The molecule has 0 radical (unpaired) electrons. The van der Waals surface area contributed by atoms with Gasteiger partial charge in [0, 0.05) is 43.7 Å². The van der Waals surface area contributed by atoms with E-state index >= 15 is 0 Å². The summed E-state index contributed by atoms with van der Waals surface area (Å²) in [7, 11) is 4.24. The Morgan fingerprint density at radius 2 is 2.00 bits per heavy atom. The van der Waals surface area contributed by atoms with Crippen LogP contribution < -0.4 is 10.2 Å². The van der Waals surface area contributed by atoms with E-state index in [-0.39, 0.29) is 11.4 Å². The van der Waals surface area contributed by atoms with Gasteiger partial charge in [0.25, 0.3) is 5.91 Å². The molecular formula is C22H28N4O2. The van der Waals surface area contributed by atoms with Crippen molar-refractivity contribution in [3.63, 3.8) is 0 Å². The zero-order valence-corrected chi connectivity index (χ0v) is 16.6. The van der Waals surface area contributed by atoms with Crippen molar-refractivity contribution in [2.45, 2.75) is 24.8 Å². The minimum atomic E-state index is 0.0122. The van der Waals surface area contributed by atoms with E-state index in [1.54, 1.807) is 6.20 Å². The molecule has 1 amide bonds. The number of benzene rings is 1. The van der Waals surface area contributed by atoms with Crippen molar-refractivity contribution < 1.29 is 9.53 Å². The van der Waals surface area contributed by atoms with Gasteiger partial charge in [-0.3, -0.25) is 4.79 Å². The maximum Gasteiger partial charge on any atom is 0.259 e. The summed E-state index contributed by atoms with van der Waals surface area (Å²) in [6.45, 7) is 3.12. The van der Waals surface area contributed by atoms with Gasteiger partial charge in [-0.15, -0.1) is 0 Å². The number of hydrogen-bond acceptors (Lipinski definition) is 5. The van der Waals surface area contributed by atoms with Crippen LogP contribution in [-0.2, 0) is 11.2 Å². The first-order chi connectivity index (χ1) is 13.6. The summed E-state index contributed by atoms with van der Waals surface area (Å²) in [4.78, 5) is 21.5. The number of para-hydroxylation sites is 1. The van der Waals surface area contributed by atoms with Crippen LogP contribution in [0.2, 0.25) is 0 Å². The normalized spacial score (nSPS) is 18.2. The number of pyridine rings is 1. The van der Waals surface area contributed by atoms with Crippen LogP contribution in [0.3, 0.4) is 0 Å². The second-order valence-electron chi connectivity index (χ2n) is 7.85. The Hall–Kier alpha value is -2.44. The molecule has 2 aliphatic heterocycles. The fourth-order valence-corrected chi connectivity index (χ4v) is 4.12. The minimum Gasteiger partial charge on any atom is -0.381 e. The molecule has 0 bridgehead atoms. The average molecular weight is 380 g/mol. The van der Waals surface area contributed by atoms with Crippen LogP contribution in [0.5, 0.6) is 0 Å². The van der Waals surface area contributed by atoms with Gasteiger partial charge < -0.3 is 19.9 Å². The molecule has 1 N–H and O–H groups in total. The number of anilines is 2. The maximum atomic E-state index is 12.9. The Kier molecular flexibility index (Phi) is 5.33. The second-order valence-corrected chi connectivity index (χ2v) is 7.85. The van der Waals surface area contributed by atoms with E-state index in [9.17, 15) is 4.79 Å². The molecule has 0 unspecified atom stereocenters. The zero-order chi connectivity index (χ0) is 19.6. The number of nitrogens with zero attached hydrogens (tertiary/aromatic N) is 3. The molecule has 1 aromatic carbocycles. The highest BCUT2D eigenvalue weighted by Crippen LogP contribution is 2.29. The van der Waals surface area contributed by atoms with Gasteiger partial charge in [-0.1, -0.05) is 18.2 Å². The van der Waals surface area contributed by atoms with Crippen LogP contribution in [0.4, 0.5) is 11.5 Å². The standard InChI is InChI=1S/C22H28N4O2/c1-25(2)22(10-13-28-14-11-22)16-24-20-8-7-18(15-23-20)21(27)26-12-9-17-5-3-4-6-19(17)26/h3-8,15H,9-14,16H2,1-2H3,(H,23,24). The Morgan fingerprint density at radius 3 is 2.71 bits per heavy atom. The molecule has 2 aromatic rings. The fraction of sp³-hybridized carbons (Fsp3) is 0.455. The highest BCUT2D eigenvalue weighted by molar-refractivity contribution is 6.07. The minimum absolute atomic E-state index is 0.0122. The van der Waals surface area contributed by atoms with Gasteiger partial charge in [0.2, 0.25) is 0 Å². The Labute approximate surface area is 166 Å². The zero-order valence-electron chi connectivity index (χ0n) is 16.6. The largest absolute Gasteiger partial charge is 0.381 e. The molecule has 3 heterocycles. The summed E-state index contributed by atoms with van der Waals surface area (Å²) < 4.78 is 5.53. The van der Waals surface area contributed by atoms with Gasteiger partial charge in [-0.05, 0) is 57.1 Å². The monoisotopic (exact) mass is 380 g/mol. The Bertz CT molecular complexity index is 829. The van der Waals surface area contributed by atoms with Gasteiger partial charge in [-0.2, -0.15) is 0 Å². The van der Waals surface area contributed by atoms with Crippen molar-refractivity contribution in [2.75, 3.05) is 50.6 Å². The Morgan fingerprint density at radius 1 is 1.21 bits per heavy atom. The number of ether oxygens (including phenoxy) is 1. The second kappa shape index (κ2) is 7.89. The number of amides is 1. The van der Waals surface area contributed by atoms with Crippen molar-refractivity contribution in [2.24, 2.45) is 0 Å². The van der Waals surface area contributed by atoms with E-state index in [1.165, 1.54) is 5.56 Å². The lowest BCUT2D eigenvalue weighted by Crippen LogP contribution is -2.53. The molecule has 0 aliphatic carbocycles. The van der Waals surface area contributed by atoms with Crippen LogP contribution in [0, 0.1) is 0 Å². The molecule has 28 heavy (non-hydrogen) atoms. The van der Waals surface area contributed by atoms with Crippen molar-refractivity contribution in [1.82, 2.24) is 9.88 Å². The maximum absolute atomic E-state index is 12.9. The fourth-order valence-electron chi connectivity index (χ4n) is 4.12. The molecule has 6 heteroatoms. The first kappa shape index (κ1) is 18.9. The van der Waals surface area contributed by atoms with Gasteiger partial charge in [0.15, 0.2) is 0 Å². The quantitative estimate of drug-likeness (QED) is 0.864. The lowest BCUT2D eigenvalue weighted by Gasteiger charge is -2.43. The van der Waals surface area contributed by atoms with E-state index in [4.69, 9.17) is 4.74 Å². The molecule has 2 aliphatic rings. The third-order valence-electron chi connectivity index (χ3n) is 6.11. The summed E-state index contributed by atoms with van der Waals surface area (Å²) in [6, 6.07) is 11.9. The number of nitrogens with one attached hydrogen (secondary N) is 1. The summed E-state index contributed by atoms with van der Waals surface area (Å²) in [5, 5.41) is 3.45.